The van der Waals surface area contributed by atoms with E-state index in [4.69, 9.17) is 22.4 Å². The monoisotopic (exact) mass is 306 g/mol. The van der Waals surface area contributed by atoms with E-state index in [0.29, 0.717) is 24.4 Å². The Morgan fingerprint density at radius 1 is 1.32 bits per heavy atom. The molecule has 0 aliphatic rings. The fourth-order valence-electron chi connectivity index (χ4n) is 1.67. The Kier molecular flexibility index (Phi) is 6.06. The van der Waals surface area contributed by atoms with E-state index in [1.165, 1.54) is 29.6 Å². The van der Waals surface area contributed by atoms with Gasteiger partial charge in [-0.1, -0.05) is 11.6 Å². The van der Waals surface area contributed by atoms with E-state index in [0.717, 1.165) is 6.42 Å². The van der Waals surface area contributed by atoms with Crippen LogP contribution in [0.1, 0.15) is 19.3 Å². The van der Waals surface area contributed by atoms with Gasteiger partial charge in [-0.3, -0.25) is 0 Å². The predicted octanol–water partition coefficient (Wildman–Crippen LogP) is 1.71. The molecule has 0 spiro atoms. The lowest BCUT2D eigenvalue weighted by atomic mass is 10.2. The maximum absolute atomic E-state index is 12.3. The quantitative estimate of drug-likeness (QED) is 0.593. The molecule has 0 fully saturated rings. The average Bonchev–Trinajstić information content (AvgIpc) is 2.33. The fourth-order valence-corrected chi connectivity index (χ4v) is 3.15. The third-order valence-electron chi connectivity index (χ3n) is 2.79. The topological polar surface area (TPSA) is 83.6 Å². The molecule has 0 amide bonds. The number of unbranched alkanes of at least 4 members (excludes halogenated alkanes) is 2. The summed E-state index contributed by atoms with van der Waals surface area (Å²) in [6.07, 6.45) is 2.16. The number of nitrogen functional groups attached to an aromatic ring is 1. The number of anilines is 1. The van der Waals surface area contributed by atoms with E-state index in [2.05, 4.69) is 0 Å². The summed E-state index contributed by atoms with van der Waals surface area (Å²) in [5.74, 6) is 0. The van der Waals surface area contributed by atoms with Crippen LogP contribution in [-0.2, 0) is 10.0 Å². The van der Waals surface area contributed by atoms with Gasteiger partial charge in [0.15, 0.2) is 0 Å². The number of hydrogen-bond donors (Lipinski definition) is 2. The molecule has 0 heterocycles. The number of nitrogens with zero attached hydrogens (tertiary/aromatic N) is 1. The molecular weight excluding hydrogens is 288 g/mol. The molecule has 7 heteroatoms. The molecule has 19 heavy (non-hydrogen) atoms. The van der Waals surface area contributed by atoms with Crippen molar-refractivity contribution in [1.82, 2.24) is 4.31 Å². The van der Waals surface area contributed by atoms with Gasteiger partial charge in [0.2, 0.25) is 10.0 Å². The van der Waals surface area contributed by atoms with Gasteiger partial charge in [-0.05, 0) is 37.5 Å². The molecule has 0 saturated heterocycles. The third kappa shape index (κ3) is 4.35. The molecule has 0 aliphatic heterocycles. The van der Waals surface area contributed by atoms with Crippen molar-refractivity contribution in [2.75, 3.05) is 25.9 Å². The van der Waals surface area contributed by atoms with E-state index in [1.807, 2.05) is 0 Å². The number of benzene rings is 1. The normalized spacial score (nSPS) is 12.0. The number of halogens is 1. The van der Waals surface area contributed by atoms with Gasteiger partial charge in [0.1, 0.15) is 4.90 Å². The summed E-state index contributed by atoms with van der Waals surface area (Å²) in [5, 5.41) is 9.08. The summed E-state index contributed by atoms with van der Waals surface area (Å²) < 4.78 is 25.8. The van der Waals surface area contributed by atoms with Crippen molar-refractivity contribution in [1.29, 1.82) is 0 Å². The number of hydrogen-bond acceptors (Lipinski definition) is 4. The summed E-state index contributed by atoms with van der Waals surface area (Å²) in [7, 11) is -2.07. The number of aliphatic hydroxyl groups is 1. The molecule has 0 unspecified atom stereocenters. The van der Waals surface area contributed by atoms with Gasteiger partial charge >= 0.3 is 0 Å². The summed E-state index contributed by atoms with van der Waals surface area (Å²) in [6, 6.07) is 4.34. The van der Waals surface area contributed by atoms with Crippen LogP contribution in [0, 0.1) is 0 Å². The lowest BCUT2D eigenvalue weighted by Crippen LogP contribution is -2.28. The van der Waals surface area contributed by atoms with Gasteiger partial charge in [-0.15, -0.1) is 0 Å². The average molecular weight is 307 g/mol. The molecule has 5 nitrogen and oxygen atoms in total. The van der Waals surface area contributed by atoms with Crippen molar-refractivity contribution in [3.05, 3.63) is 23.2 Å². The zero-order valence-electron chi connectivity index (χ0n) is 10.8. The highest BCUT2D eigenvalue weighted by Crippen LogP contribution is 2.24. The summed E-state index contributed by atoms with van der Waals surface area (Å²) >= 11 is 5.75. The van der Waals surface area contributed by atoms with Gasteiger partial charge in [-0.25, -0.2) is 12.7 Å². The van der Waals surface area contributed by atoms with E-state index in [9.17, 15) is 8.42 Å². The highest BCUT2D eigenvalue weighted by atomic mass is 35.5. The molecule has 0 radical (unpaired) electrons. The van der Waals surface area contributed by atoms with Crippen LogP contribution in [0.2, 0.25) is 5.02 Å². The lowest BCUT2D eigenvalue weighted by molar-refractivity contribution is 0.281. The molecule has 0 aliphatic carbocycles. The van der Waals surface area contributed by atoms with Crippen molar-refractivity contribution in [3.8, 4) is 0 Å². The molecule has 1 rings (SSSR count). The van der Waals surface area contributed by atoms with E-state index < -0.39 is 10.0 Å². The molecule has 0 bridgehead atoms. The number of rotatable bonds is 7. The molecule has 0 saturated carbocycles. The van der Waals surface area contributed by atoms with Crippen LogP contribution in [-0.4, -0.2) is 38.0 Å². The predicted molar refractivity (Wildman–Crippen MR) is 76.6 cm³/mol. The molecule has 1 aromatic rings. The molecule has 108 valence electrons. The van der Waals surface area contributed by atoms with Crippen LogP contribution in [0.4, 0.5) is 5.69 Å². The number of nitrogens with two attached hydrogens (primary N) is 1. The second-order valence-electron chi connectivity index (χ2n) is 4.29. The van der Waals surface area contributed by atoms with Crippen molar-refractivity contribution >= 4 is 27.3 Å². The second kappa shape index (κ2) is 7.09. The maximum Gasteiger partial charge on any atom is 0.244 e. The van der Waals surface area contributed by atoms with Gasteiger partial charge in [0, 0.05) is 25.2 Å². The SMILES string of the molecule is CN(CCCCCO)S(=O)(=O)c1ccc(Cl)cc1N. The van der Waals surface area contributed by atoms with Gasteiger partial charge in [0.25, 0.3) is 0 Å². The molecule has 0 aromatic heterocycles. The fraction of sp³-hybridized carbons (Fsp3) is 0.500. The Morgan fingerprint density at radius 3 is 2.58 bits per heavy atom. The Hall–Kier alpha value is -0.820. The second-order valence-corrected chi connectivity index (χ2v) is 6.74. The van der Waals surface area contributed by atoms with Crippen LogP contribution in [0.3, 0.4) is 0 Å². The maximum atomic E-state index is 12.3. The first-order valence-electron chi connectivity index (χ1n) is 6.02. The van der Waals surface area contributed by atoms with Crippen LogP contribution in [0.5, 0.6) is 0 Å². The summed E-state index contributed by atoms with van der Waals surface area (Å²) in [4.78, 5) is 0.0709. The molecule has 1 aromatic carbocycles. The minimum Gasteiger partial charge on any atom is -0.398 e. The summed E-state index contributed by atoms with van der Waals surface area (Å²) in [5.41, 5.74) is 5.85. The Balaban J connectivity index is 2.79. The van der Waals surface area contributed by atoms with Crippen molar-refractivity contribution in [2.45, 2.75) is 24.2 Å². The Bertz CT molecular complexity index is 520. The first-order chi connectivity index (χ1) is 8.89. The smallest absolute Gasteiger partial charge is 0.244 e. The number of sulfonamides is 1. The first-order valence-corrected chi connectivity index (χ1v) is 7.83. The Labute approximate surface area is 119 Å². The minimum absolute atomic E-state index is 0.0709. The molecular formula is C12H19ClN2O3S. The minimum atomic E-state index is -3.59. The Morgan fingerprint density at radius 2 is 2.00 bits per heavy atom. The lowest BCUT2D eigenvalue weighted by Gasteiger charge is -2.18. The van der Waals surface area contributed by atoms with Crippen molar-refractivity contribution < 1.29 is 13.5 Å². The van der Waals surface area contributed by atoms with Crippen LogP contribution in [0.15, 0.2) is 23.1 Å². The highest BCUT2D eigenvalue weighted by molar-refractivity contribution is 7.89. The van der Waals surface area contributed by atoms with Gasteiger partial charge < -0.3 is 10.8 Å². The van der Waals surface area contributed by atoms with E-state index in [-0.39, 0.29) is 17.2 Å². The number of aliphatic hydroxyl groups excluding tert-OH is 1. The highest BCUT2D eigenvalue weighted by Gasteiger charge is 2.22. The van der Waals surface area contributed by atoms with Crippen LogP contribution >= 0.6 is 11.6 Å². The standard InChI is InChI=1S/C12H19ClN2O3S/c1-15(7-3-2-4-8-16)19(17,18)12-6-5-10(13)9-11(12)14/h5-6,9,16H,2-4,7-8,14H2,1H3. The first kappa shape index (κ1) is 16.2. The zero-order chi connectivity index (χ0) is 14.5. The largest absolute Gasteiger partial charge is 0.398 e. The molecule has 3 N–H and O–H groups in total. The van der Waals surface area contributed by atoms with Crippen molar-refractivity contribution in [3.63, 3.8) is 0 Å². The third-order valence-corrected chi connectivity index (χ3v) is 4.96. The van der Waals surface area contributed by atoms with Crippen LogP contribution in [0.25, 0.3) is 0 Å². The van der Waals surface area contributed by atoms with E-state index >= 15 is 0 Å². The summed E-state index contributed by atoms with van der Waals surface area (Å²) in [6.45, 7) is 0.519. The van der Waals surface area contributed by atoms with Crippen LogP contribution < -0.4 is 5.73 Å². The van der Waals surface area contributed by atoms with Crippen molar-refractivity contribution in [2.24, 2.45) is 0 Å². The van der Waals surface area contributed by atoms with Gasteiger partial charge in [-0.2, -0.15) is 0 Å². The molecule has 0 atom stereocenters. The van der Waals surface area contributed by atoms with E-state index in [1.54, 1.807) is 0 Å². The van der Waals surface area contributed by atoms with Gasteiger partial charge in [0.05, 0.1) is 5.69 Å². The zero-order valence-corrected chi connectivity index (χ0v) is 12.4.